The maximum absolute atomic E-state index is 10.5. The molecule has 0 atom stereocenters. The van der Waals surface area contributed by atoms with Gasteiger partial charge in [0.15, 0.2) is 0 Å². The lowest BCUT2D eigenvalue weighted by Crippen LogP contribution is -2.27. The summed E-state index contributed by atoms with van der Waals surface area (Å²) >= 11 is 7.06. The number of carboxylic acid groups (broad SMARTS) is 1. The van der Waals surface area contributed by atoms with Gasteiger partial charge in [-0.05, 0) is 42.3 Å². The Kier molecular flexibility index (Phi) is 8.72. The highest BCUT2D eigenvalue weighted by atomic mass is 35.5. The number of carboxylic acids is 1. The molecule has 0 aliphatic carbocycles. The first-order valence-corrected chi connectivity index (χ1v) is 8.32. The van der Waals surface area contributed by atoms with E-state index < -0.39 is 5.97 Å². The van der Waals surface area contributed by atoms with Gasteiger partial charge in [0.05, 0.1) is 0 Å². The molecule has 4 nitrogen and oxygen atoms in total. The van der Waals surface area contributed by atoms with Gasteiger partial charge in [0.1, 0.15) is 5.40 Å². The zero-order chi connectivity index (χ0) is 15.5. The number of halogens is 1. The van der Waals surface area contributed by atoms with Crippen LogP contribution in [0.2, 0.25) is 0 Å². The van der Waals surface area contributed by atoms with Crippen LogP contribution < -0.4 is 4.90 Å². The maximum atomic E-state index is 10.5. The average molecular weight is 327 g/mol. The molecule has 0 aliphatic rings. The largest absolute Gasteiger partial charge is 0.481 e. The molecule has 0 aromatic heterocycles. The lowest BCUT2D eigenvalue weighted by molar-refractivity contribution is -0.137. The number of aryl methyl sites for hydroxylation is 1. The molecule has 6 heteroatoms. The molecule has 21 heavy (non-hydrogen) atoms. The third-order valence-electron chi connectivity index (χ3n) is 3.04. The lowest BCUT2D eigenvalue weighted by atomic mass is 10.1. The highest BCUT2D eigenvalue weighted by Crippen LogP contribution is 2.17. The number of aliphatic carboxylic acids is 1. The average Bonchev–Trinajstić information content (AvgIpc) is 2.47. The van der Waals surface area contributed by atoms with Gasteiger partial charge in [-0.1, -0.05) is 12.1 Å². The van der Waals surface area contributed by atoms with Crippen LogP contribution >= 0.6 is 23.4 Å². The highest BCUT2D eigenvalue weighted by Gasteiger charge is 2.06. The highest BCUT2D eigenvalue weighted by molar-refractivity contribution is 8.03. The van der Waals surface area contributed by atoms with Gasteiger partial charge in [-0.25, -0.2) is 0 Å². The molecule has 1 aromatic carbocycles. The number of thiocyanates is 1. The van der Waals surface area contributed by atoms with E-state index in [1.165, 1.54) is 11.8 Å². The van der Waals surface area contributed by atoms with E-state index in [0.29, 0.717) is 12.3 Å². The van der Waals surface area contributed by atoms with Gasteiger partial charge in [0, 0.05) is 36.8 Å². The van der Waals surface area contributed by atoms with Crippen LogP contribution in [0.1, 0.15) is 18.4 Å². The predicted octanol–water partition coefficient (Wildman–Crippen LogP) is 3.35. The quantitative estimate of drug-likeness (QED) is 0.406. The number of thioether (sulfide) groups is 1. The Morgan fingerprint density at radius 2 is 2.05 bits per heavy atom. The molecule has 0 aliphatic heterocycles. The molecule has 1 aromatic rings. The Hall–Kier alpha value is -1.38. The Balaban J connectivity index is 2.56. The molecule has 114 valence electrons. The molecule has 0 heterocycles. The van der Waals surface area contributed by atoms with Gasteiger partial charge in [-0.2, -0.15) is 5.26 Å². The fraction of sp³-hybridized carbons (Fsp3) is 0.467. The van der Waals surface area contributed by atoms with Crippen LogP contribution in [0, 0.1) is 10.7 Å². The van der Waals surface area contributed by atoms with Crippen LogP contribution in [0.5, 0.6) is 0 Å². The van der Waals surface area contributed by atoms with Gasteiger partial charge in [0.25, 0.3) is 0 Å². The van der Waals surface area contributed by atoms with Crippen LogP contribution in [-0.2, 0) is 11.2 Å². The number of carbonyl (C=O) groups is 1. The second kappa shape index (κ2) is 10.4. The third-order valence-corrected chi connectivity index (χ3v) is 3.72. The van der Waals surface area contributed by atoms with Gasteiger partial charge in [-0.15, -0.1) is 11.6 Å². The molecule has 0 fully saturated rings. The number of hydrogen-bond donors (Lipinski definition) is 1. The lowest BCUT2D eigenvalue weighted by Gasteiger charge is -2.23. The number of anilines is 1. The van der Waals surface area contributed by atoms with Crippen molar-refractivity contribution in [1.82, 2.24) is 0 Å². The summed E-state index contributed by atoms with van der Waals surface area (Å²) in [7, 11) is 0. The van der Waals surface area contributed by atoms with Crippen molar-refractivity contribution in [3.05, 3.63) is 29.8 Å². The zero-order valence-corrected chi connectivity index (χ0v) is 13.4. The van der Waals surface area contributed by atoms with Gasteiger partial charge < -0.3 is 10.0 Å². The van der Waals surface area contributed by atoms with Crippen LogP contribution in [0.3, 0.4) is 0 Å². The molecule has 0 saturated heterocycles. The second-order valence-electron chi connectivity index (χ2n) is 4.53. The van der Waals surface area contributed by atoms with Gasteiger partial charge in [0.2, 0.25) is 0 Å². The molecule has 0 amide bonds. The van der Waals surface area contributed by atoms with Gasteiger partial charge >= 0.3 is 5.97 Å². The maximum Gasteiger partial charge on any atom is 0.303 e. The number of alkyl halides is 1. The summed E-state index contributed by atoms with van der Waals surface area (Å²) in [5.74, 6) is 0.528. The minimum absolute atomic E-state index is 0.200. The van der Waals surface area contributed by atoms with Crippen LogP contribution in [0.25, 0.3) is 0 Å². The standard InChI is InChI=1S/C15H19ClN2O2S/c16-8-9-18(10-11-21-12-17)14-6-4-13(5-7-14)2-1-3-15(19)20/h4-7H,1-3,8-11H2,(H,19,20). The smallest absolute Gasteiger partial charge is 0.303 e. The van der Waals surface area contributed by atoms with Gasteiger partial charge in [-0.3, -0.25) is 4.79 Å². The van der Waals surface area contributed by atoms with Crippen molar-refractivity contribution in [2.75, 3.05) is 29.6 Å². The normalized spacial score (nSPS) is 10.1. The molecule has 0 unspecified atom stereocenters. The summed E-state index contributed by atoms with van der Waals surface area (Å²) in [5, 5.41) is 19.3. The van der Waals surface area contributed by atoms with Crippen molar-refractivity contribution in [2.45, 2.75) is 19.3 Å². The van der Waals surface area contributed by atoms with Crippen molar-refractivity contribution in [3.63, 3.8) is 0 Å². The first-order valence-electron chi connectivity index (χ1n) is 6.80. The van der Waals surface area contributed by atoms with E-state index in [0.717, 1.165) is 36.5 Å². The summed E-state index contributed by atoms with van der Waals surface area (Å²) in [6.07, 6.45) is 1.62. The molecule has 1 rings (SSSR count). The van der Waals surface area contributed by atoms with Crippen molar-refractivity contribution in [1.29, 1.82) is 5.26 Å². The summed E-state index contributed by atoms with van der Waals surface area (Å²) in [6, 6.07) is 8.10. The molecule has 0 saturated carbocycles. The van der Waals surface area contributed by atoms with Crippen LogP contribution in [-0.4, -0.2) is 35.8 Å². The Bertz CT molecular complexity index is 474. The Morgan fingerprint density at radius 3 is 2.62 bits per heavy atom. The summed E-state index contributed by atoms with van der Waals surface area (Å²) in [4.78, 5) is 12.6. The first-order chi connectivity index (χ1) is 10.2. The summed E-state index contributed by atoms with van der Waals surface area (Å²) in [5.41, 5.74) is 2.22. The zero-order valence-electron chi connectivity index (χ0n) is 11.8. The second-order valence-corrected chi connectivity index (χ2v) is 5.79. The van der Waals surface area contributed by atoms with Crippen LogP contribution in [0.15, 0.2) is 24.3 Å². The first kappa shape index (κ1) is 17.7. The summed E-state index contributed by atoms with van der Waals surface area (Å²) in [6.45, 7) is 1.52. The van der Waals surface area contributed by atoms with E-state index >= 15 is 0 Å². The molecule has 1 N–H and O–H groups in total. The van der Waals surface area contributed by atoms with E-state index in [1.807, 2.05) is 24.3 Å². The Morgan fingerprint density at radius 1 is 1.33 bits per heavy atom. The van der Waals surface area contributed by atoms with Crippen molar-refractivity contribution < 1.29 is 9.90 Å². The van der Waals surface area contributed by atoms with E-state index in [-0.39, 0.29) is 6.42 Å². The third kappa shape index (κ3) is 7.26. The van der Waals surface area contributed by atoms with E-state index in [1.54, 1.807) is 0 Å². The minimum atomic E-state index is -0.755. The fourth-order valence-electron chi connectivity index (χ4n) is 1.99. The monoisotopic (exact) mass is 326 g/mol. The molecule has 0 bridgehead atoms. The minimum Gasteiger partial charge on any atom is -0.481 e. The number of rotatable bonds is 10. The molecule has 0 radical (unpaired) electrons. The number of benzene rings is 1. The molecule has 0 spiro atoms. The predicted molar refractivity (Wildman–Crippen MR) is 88.0 cm³/mol. The SMILES string of the molecule is N#CSCCN(CCCl)c1ccc(CCCC(=O)O)cc1. The molecular formula is C15H19ClN2O2S. The van der Waals surface area contributed by atoms with Crippen molar-refractivity contribution >= 4 is 35.0 Å². The number of nitrogens with zero attached hydrogens (tertiary/aromatic N) is 2. The molecular weight excluding hydrogens is 308 g/mol. The number of hydrogen-bond acceptors (Lipinski definition) is 4. The van der Waals surface area contributed by atoms with E-state index in [2.05, 4.69) is 10.3 Å². The van der Waals surface area contributed by atoms with Crippen molar-refractivity contribution in [2.24, 2.45) is 0 Å². The number of nitriles is 1. The van der Waals surface area contributed by atoms with E-state index in [9.17, 15) is 4.79 Å². The fourth-order valence-corrected chi connectivity index (χ4v) is 2.60. The van der Waals surface area contributed by atoms with Crippen LogP contribution in [0.4, 0.5) is 5.69 Å². The summed E-state index contributed by atoms with van der Waals surface area (Å²) < 4.78 is 0. The Labute approximate surface area is 134 Å². The van der Waals surface area contributed by atoms with Crippen molar-refractivity contribution in [3.8, 4) is 5.40 Å². The topological polar surface area (TPSA) is 64.3 Å². The van der Waals surface area contributed by atoms with E-state index in [4.69, 9.17) is 22.0 Å².